The third kappa shape index (κ3) is 5.97. The normalized spacial score (nSPS) is 10.5. The number of likely N-dealkylation sites (N-methyl/N-ethyl adjacent to an activating group) is 1. The number of carbonyl (C=O) groups excluding carboxylic acids is 1. The van der Waals surface area contributed by atoms with E-state index >= 15 is 0 Å². The highest BCUT2D eigenvalue weighted by atomic mass is 16.5. The largest absolute Gasteiger partial charge is 0.497 e. The van der Waals surface area contributed by atoms with Crippen molar-refractivity contribution >= 4 is 11.6 Å². The van der Waals surface area contributed by atoms with Crippen LogP contribution in [0.25, 0.3) is 0 Å². The summed E-state index contributed by atoms with van der Waals surface area (Å²) in [5.74, 6) is 1.95. The molecule has 0 atom stereocenters. The van der Waals surface area contributed by atoms with Crippen LogP contribution in [0, 0.1) is 6.92 Å². The maximum Gasteiger partial charge on any atom is 0.238 e. The van der Waals surface area contributed by atoms with E-state index in [1.165, 1.54) is 0 Å². The van der Waals surface area contributed by atoms with Gasteiger partial charge in [-0.05, 0) is 43.8 Å². The third-order valence-electron chi connectivity index (χ3n) is 3.83. The van der Waals surface area contributed by atoms with Crippen molar-refractivity contribution in [2.45, 2.75) is 6.92 Å². The molecular weight excluding hydrogens is 332 g/mol. The summed E-state index contributed by atoms with van der Waals surface area (Å²) in [6, 6.07) is 13.2. The Morgan fingerprint density at radius 1 is 1.08 bits per heavy atom. The fourth-order valence-corrected chi connectivity index (χ4v) is 2.44. The first-order chi connectivity index (χ1) is 12.5. The molecule has 6 nitrogen and oxygen atoms in total. The molecular formula is C20H26N2O4. The number of aryl methyl sites for hydroxylation is 1. The molecule has 0 radical (unpaired) electrons. The van der Waals surface area contributed by atoms with E-state index < -0.39 is 0 Å². The minimum atomic E-state index is -0.119. The van der Waals surface area contributed by atoms with Gasteiger partial charge in [-0.15, -0.1) is 0 Å². The maximum atomic E-state index is 12.2. The van der Waals surface area contributed by atoms with Crippen LogP contribution in [0.2, 0.25) is 0 Å². The van der Waals surface area contributed by atoms with E-state index in [0.29, 0.717) is 30.3 Å². The number of nitrogens with one attached hydrogen (secondary N) is 1. The van der Waals surface area contributed by atoms with Gasteiger partial charge in [0, 0.05) is 12.6 Å². The number of anilines is 1. The molecule has 2 aromatic rings. The van der Waals surface area contributed by atoms with Gasteiger partial charge >= 0.3 is 0 Å². The molecule has 0 spiro atoms. The molecule has 26 heavy (non-hydrogen) atoms. The highest BCUT2D eigenvalue weighted by molar-refractivity contribution is 5.93. The average molecular weight is 358 g/mol. The van der Waals surface area contributed by atoms with Crippen molar-refractivity contribution in [2.75, 3.05) is 46.3 Å². The van der Waals surface area contributed by atoms with Crippen LogP contribution in [0.1, 0.15) is 5.56 Å². The lowest BCUT2D eigenvalue weighted by atomic mass is 10.2. The minimum Gasteiger partial charge on any atom is -0.497 e. The van der Waals surface area contributed by atoms with Crippen LogP contribution in [-0.2, 0) is 4.79 Å². The second kappa shape index (κ2) is 9.68. The van der Waals surface area contributed by atoms with Crippen molar-refractivity contribution in [2.24, 2.45) is 0 Å². The number of benzene rings is 2. The third-order valence-corrected chi connectivity index (χ3v) is 3.83. The van der Waals surface area contributed by atoms with Crippen molar-refractivity contribution in [3.63, 3.8) is 0 Å². The van der Waals surface area contributed by atoms with Gasteiger partial charge in [0.2, 0.25) is 5.91 Å². The number of nitrogens with zero attached hydrogens (tertiary/aromatic N) is 1. The summed E-state index contributed by atoms with van der Waals surface area (Å²) in [6.07, 6.45) is 0. The first-order valence-corrected chi connectivity index (χ1v) is 8.41. The fourth-order valence-electron chi connectivity index (χ4n) is 2.44. The molecule has 0 aliphatic rings. The first kappa shape index (κ1) is 19.6. The number of carbonyl (C=O) groups is 1. The monoisotopic (exact) mass is 358 g/mol. The molecule has 0 aliphatic heterocycles. The Kier molecular flexibility index (Phi) is 7.29. The van der Waals surface area contributed by atoms with Crippen LogP contribution in [0.5, 0.6) is 17.2 Å². The lowest BCUT2D eigenvalue weighted by Gasteiger charge is -2.17. The zero-order valence-electron chi connectivity index (χ0n) is 15.7. The molecule has 0 saturated heterocycles. The Bertz CT molecular complexity index is 734. The zero-order chi connectivity index (χ0) is 18.9. The van der Waals surface area contributed by atoms with E-state index in [-0.39, 0.29) is 12.5 Å². The molecule has 0 heterocycles. The Morgan fingerprint density at radius 2 is 1.88 bits per heavy atom. The van der Waals surface area contributed by atoms with Gasteiger partial charge in [-0.2, -0.15) is 0 Å². The van der Waals surface area contributed by atoms with Crippen LogP contribution in [0.15, 0.2) is 42.5 Å². The summed E-state index contributed by atoms with van der Waals surface area (Å²) < 4.78 is 16.2. The lowest BCUT2D eigenvalue weighted by molar-refractivity contribution is -0.117. The molecule has 2 aromatic carbocycles. The second-order valence-electron chi connectivity index (χ2n) is 6.02. The predicted molar refractivity (Wildman–Crippen MR) is 102 cm³/mol. The maximum absolute atomic E-state index is 12.2. The van der Waals surface area contributed by atoms with Crippen molar-refractivity contribution in [3.05, 3.63) is 48.0 Å². The molecule has 0 saturated carbocycles. The number of ether oxygens (including phenoxy) is 3. The summed E-state index contributed by atoms with van der Waals surface area (Å²) in [6.45, 7) is 3.43. The quantitative estimate of drug-likeness (QED) is 0.747. The van der Waals surface area contributed by atoms with E-state index in [9.17, 15) is 4.79 Å². The summed E-state index contributed by atoms with van der Waals surface area (Å²) in [5, 5.41) is 2.86. The number of hydrogen-bond acceptors (Lipinski definition) is 5. The summed E-state index contributed by atoms with van der Waals surface area (Å²) in [4.78, 5) is 14.1. The zero-order valence-corrected chi connectivity index (χ0v) is 15.7. The van der Waals surface area contributed by atoms with Crippen LogP contribution in [0.3, 0.4) is 0 Å². The second-order valence-corrected chi connectivity index (χ2v) is 6.02. The van der Waals surface area contributed by atoms with Gasteiger partial charge in [0.1, 0.15) is 23.9 Å². The highest BCUT2D eigenvalue weighted by Crippen LogP contribution is 2.28. The predicted octanol–water partition coefficient (Wildman–Crippen LogP) is 2.96. The summed E-state index contributed by atoms with van der Waals surface area (Å²) in [5.41, 5.74) is 1.77. The Hall–Kier alpha value is -2.73. The van der Waals surface area contributed by atoms with E-state index in [1.807, 2.05) is 43.1 Å². The van der Waals surface area contributed by atoms with Crippen LogP contribution >= 0.6 is 0 Å². The smallest absolute Gasteiger partial charge is 0.238 e. The molecule has 0 aromatic heterocycles. The van der Waals surface area contributed by atoms with Crippen LogP contribution in [0.4, 0.5) is 5.69 Å². The van der Waals surface area contributed by atoms with Crippen molar-refractivity contribution in [1.29, 1.82) is 0 Å². The number of amides is 1. The molecule has 140 valence electrons. The first-order valence-electron chi connectivity index (χ1n) is 8.41. The van der Waals surface area contributed by atoms with Crippen molar-refractivity contribution in [3.8, 4) is 17.2 Å². The summed E-state index contributed by atoms with van der Waals surface area (Å²) in [7, 11) is 5.02. The molecule has 0 bridgehead atoms. The standard InChI is InChI=1S/C20H26N2O4/c1-15-6-5-7-17(12-15)26-11-10-22(2)14-20(23)21-18-9-8-16(24-3)13-19(18)25-4/h5-9,12-13H,10-11,14H2,1-4H3,(H,21,23). The van der Waals surface area contributed by atoms with E-state index in [2.05, 4.69) is 5.32 Å². The number of methoxy groups -OCH3 is 2. The molecule has 0 unspecified atom stereocenters. The Morgan fingerprint density at radius 3 is 2.58 bits per heavy atom. The van der Waals surface area contributed by atoms with Gasteiger partial charge in [0.25, 0.3) is 0 Å². The van der Waals surface area contributed by atoms with E-state index in [1.54, 1.807) is 32.4 Å². The van der Waals surface area contributed by atoms with Gasteiger partial charge in [-0.25, -0.2) is 0 Å². The van der Waals surface area contributed by atoms with Gasteiger partial charge in [0.15, 0.2) is 0 Å². The average Bonchev–Trinajstić information content (AvgIpc) is 2.62. The fraction of sp³-hybridized carbons (Fsp3) is 0.350. The van der Waals surface area contributed by atoms with Gasteiger partial charge in [-0.3, -0.25) is 9.69 Å². The van der Waals surface area contributed by atoms with Gasteiger partial charge in [-0.1, -0.05) is 12.1 Å². The van der Waals surface area contributed by atoms with Crippen molar-refractivity contribution in [1.82, 2.24) is 4.90 Å². The number of hydrogen-bond donors (Lipinski definition) is 1. The molecule has 0 aliphatic carbocycles. The van der Waals surface area contributed by atoms with E-state index in [4.69, 9.17) is 14.2 Å². The highest BCUT2D eigenvalue weighted by Gasteiger charge is 2.11. The lowest BCUT2D eigenvalue weighted by Crippen LogP contribution is -2.33. The van der Waals surface area contributed by atoms with E-state index in [0.717, 1.165) is 11.3 Å². The minimum absolute atomic E-state index is 0.119. The molecule has 0 fully saturated rings. The molecule has 1 N–H and O–H groups in total. The SMILES string of the molecule is COc1ccc(NC(=O)CN(C)CCOc2cccc(C)c2)c(OC)c1. The topological polar surface area (TPSA) is 60.0 Å². The van der Waals surface area contributed by atoms with Crippen molar-refractivity contribution < 1.29 is 19.0 Å². The molecule has 6 heteroatoms. The Labute approximate surface area is 154 Å². The molecule has 2 rings (SSSR count). The van der Waals surface area contributed by atoms with Gasteiger partial charge < -0.3 is 19.5 Å². The molecule has 1 amide bonds. The van der Waals surface area contributed by atoms with Crippen LogP contribution in [-0.4, -0.2) is 51.8 Å². The van der Waals surface area contributed by atoms with Gasteiger partial charge in [0.05, 0.1) is 26.5 Å². The Balaban J connectivity index is 1.80. The summed E-state index contributed by atoms with van der Waals surface area (Å²) >= 11 is 0. The number of rotatable bonds is 9. The van der Waals surface area contributed by atoms with Crippen LogP contribution < -0.4 is 19.5 Å².